The van der Waals surface area contributed by atoms with E-state index in [2.05, 4.69) is 15.4 Å². The molecule has 0 spiro atoms. The summed E-state index contributed by atoms with van der Waals surface area (Å²) in [4.78, 5) is 36.9. The first-order valence-electron chi connectivity index (χ1n) is 12.7. The molecule has 12 nitrogen and oxygen atoms in total. The van der Waals surface area contributed by atoms with Crippen LogP contribution >= 0.6 is 11.6 Å². The van der Waals surface area contributed by atoms with E-state index in [0.717, 1.165) is 17.4 Å². The lowest BCUT2D eigenvalue weighted by atomic mass is 10.0. The Hall–Kier alpha value is -4.11. The maximum atomic E-state index is 13.5. The van der Waals surface area contributed by atoms with Gasteiger partial charge in [0.25, 0.3) is 17.9 Å². The largest absolute Gasteiger partial charge is 0.377 e. The second-order valence-electron chi connectivity index (χ2n) is 10.2. The molecule has 1 aliphatic heterocycles. The molecule has 0 unspecified atom stereocenters. The van der Waals surface area contributed by atoms with Crippen molar-refractivity contribution in [2.75, 3.05) is 16.5 Å². The van der Waals surface area contributed by atoms with Crippen LogP contribution < -0.4 is 20.5 Å². The summed E-state index contributed by atoms with van der Waals surface area (Å²) in [6, 6.07) is 6.04. The Kier molecular flexibility index (Phi) is 7.66. The molecule has 0 bridgehead atoms. The number of alkyl halides is 2. The number of hydrogen-bond acceptors (Lipinski definition) is 9. The van der Waals surface area contributed by atoms with Gasteiger partial charge in [-0.25, -0.2) is 31.9 Å². The third-order valence-corrected chi connectivity index (χ3v) is 7.52. The van der Waals surface area contributed by atoms with Crippen LogP contribution in [-0.2, 0) is 36.7 Å². The molecule has 16 heteroatoms. The topological polar surface area (TPSA) is 144 Å². The number of amides is 1. The van der Waals surface area contributed by atoms with Crippen LogP contribution in [0.2, 0.25) is 5.15 Å². The Balaban J connectivity index is 1.52. The van der Waals surface area contributed by atoms with Crippen molar-refractivity contribution in [1.82, 2.24) is 29.0 Å². The zero-order valence-electron chi connectivity index (χ0n) is 23.0. The number of benzene rings is 1. The SMILES string of the molecule is Cc1cc([C@@H](C)Nc2ccc(Cl)nc2C(=O)NS(C)(=O)=O)c2nc(N3Cc4cn(CC(F)F)nc4C3)n(C)c(=O)c2c1. The van der Waals surface area contributed by atoms with E-state index < -0.39 is 34.9 Å². The van der Waals surface area contributed by atoms with Crippen molar-refractivity contribution in [3.63, 3.8) is 0 Å². The van der Waals surface area contributed by atoms with E-state index in [9.17, 15) is 26.8 Å². The van der Waals surface area contributed by atoms with Gasteiger partial charge in [0, 0.05) is 30.9 Å². The standard InChI is InChI=1S/C26H27ClF2N8O4S/c1-13-7-16(14(2)30-18-5-6-20(27)31-23(18)24(38)34-42(4,40)41)22-17(8-13)25(39)35(3)26(32-22)36-9-15-10-37(12-21(28)29)33-19(15)11-36/h5-8,10,14,21,30H,9,11-12H2,1-4H3,(H,34,38)/t14-/m1/s1. The van der Waals surface area contributed by atoms with Gasteiger partial charge in [0.05, 0.1) is 41.1 Å². The molecule has 0 radical (unpaired) electrons. The third-order valence-electron chi connectivity index (χ3n) is 6.76. The molecule has 0 saturated carbocycles. The fourth-order valence-corrected chi connectivity index (χ4v) is 5.57. The summed E-state index contributed by atoms with van der Waals surface area (Å²) < 4.78 is 53.5. The molecule has 0 aliphatic carbocycles. The summed E-state index contributed by atoms with van der Waals surface area (Å²) in [5, 5.41) is 7.82. The summed E-state index contributed by atoms with van der Waals surface area (Å²) in [6.07, 6.45) is -0.0846. The Labute approximate surface area is 244 Å². The summed E-state index contributed by atoms with van der Waals surface area (Å²) in [5.41, 5.74) is 3.01. The van der Waals surface area contributed by atoms with Crippen molar-refractivity contribution in [1.29, 1.82) is 0 Å². The molecule has 3 aromatic heterocycles. The Morgan fingerprint density at radius 3 is 2.60 bits per heavy atom. The number of rotatable bonds is 8. The van der Waals surface area contributed by atoms with Crippen LogP contribution in [0.25, 0.3) is 10.9 Å². The van der Waals surface area contributed by atoms with Crippen LogP contribution in [0.5, 0.6) is 0 Å². The molecule has 42 heavy (non-hydrogen) atoms. The number of aryl methyl sites for hydroxylation is 1. The first-order valence-corrected chi connectivity index (χ1v) is 15.0. The van der Waals surface area contributed by atoms with Crippen molar-refractivity contribution in [3.8, 4) is 0 Å². The molecule has 0 saturated heterocycles. The highest BCUT2D eigenvalue weighted by molar-refractivity contribution is 7.89. The number of anilines is 2. The van der Waals surface area contributed by atoms with Gasteiger partial charge in [-0.15, -0.1) is 0 Å². The lowest BCUT2D eigenvalue weighted by Gasteiger charge is -2.23. The van der Waals surface area contributed by atoms with Crippen LogP contribution in [-0.4, -0.2) is 51.3 Å². The van der Waals surface area contributed by atoms with Crippen molar-refractivity contribution >= 4 is 50.1 Å². The molecule has 0 fully saturated rings. The van der Waals surface area contributed by atoms with E-state index in [1.807, 2.05) is 22.6 Å². The fourth-order valence-electron chi connectivity index (χ4n) is 4.99. The van der Waals surface area contributed by atoms with Crippen molar-refractivity contribution in [2.45, 2.75) is 45.9 Å². The van der Waals surface area contributed by atoms with E-state index in [1.54, 1.807) is 26.2 Å². The highest BCUT2D eigenvalue weighted by atomic mass is 35.5. The van der Waals surface area contributed by atoms with Crippen molar-refractivity contribution < 1.29 is 22.0 Å². The second kappa shape index (κ2) is 10.9. The first kappa shape index (κ1) is 29.4. The van der Waals surface area contributed by atoms with E-state index in [0.29, 0.717) is 41.2 Å². The number of nitrogens with one attached hydrogen (secondary N) is 2. The van der Waals surface area contributed by atoms with E-state index in [4.69, 9.17) is 16.6 Å². The number of sulfonamides is 1. The number of carbonyl (C=O) groups is 1. The minimum Gasteiger partial charge on any atom is -0.377 e. The average Bonchev–Trinajstić information content (AvgIpc) is 3.44. The summed E-state index contributed by atoms with van der Waals surface area (Å²) in [5.74, 6) is -0.577. The van der Waals surface area contributed by atoms with Gasteiger partial charge in [0.2, 0.25) is 16.0 Å². The molecule has 5 rings (SSSR count). The molecule has 1 aliphatic rings. The average molecular weight is 621 g/mol. The predicted octanol–water partition coefficient (Wildman–Crippen LogP) is 3.13. The Bertz CT molecular complexity index is 1870. The molecule has 1 amide bonds. The predicted molar refractivity (Wildman–Crippen MR) is 153 cm³/mol. The van der Waals surface area contributed by atoms with Gasteiger partial charge in [0.1, 0.15) is 11.7 Å². The van der Waals surface area contributed by atoms with E-state index in [1.165, 1.54) is 21.4 Å². The molecule has 1 atom stereocenters. The number of aromatic nitrogens is 5. The lowest BCUT2D eigenvalue weighted by Crippen LogP contribution is -2.31. The molecule has 222 valence electrons. The van der Waals surface area contributed by atoms with Gasteiger partial charge in [-0.2, -0.15) is 5.10 Å². The third kappa shape index (κ3) is 5.92. The number of nitrogens with zero attached hydrogens (tertiary/aromatic N) is 6. The lowest BCUT2D eigenvalue weighted by molar-refractivity contribution is 0.0977. The smallest absolute Gasteiger partial charge is 0.285 e. The fraction of sp³-hybridized carbons (Fsp3) is 0.346. The van der Waals surface area contributed by atoms with Crippen molar-refractivity contribution in [2.24, 2.45) is 7.05 Å². The molecular weight excluding hydrogens is 594 g/mol. The first-order chi connectivity index (χ1) is 19.7. The number of fused-ring (bicyclic) bond motifs is 2. The Morgan fingerprint density at radius 1 is 1.19 bits per heavy atom. The minimum atomic E-state index is -3.86. The van der Waals surface area contributed by atoms with Gasteiger partial charge in [-0.1, -0.05) is 17.7 Å². The van der Waals surface area contributed by atoms with Gasteiger partial charge in [0.15, 0.2) is 5.69 Å². The summed E-state index contributed by atoms with van der Waals surface area (Å²) >= 11 is 5.99. The monoisotopic (exact) mass is 620 g/mol. The van der Waals surface area contributed by atoms with Gasteiger partial charge in [-0.3, -0.25) is 18.8 Å². The Morgan fingerprint density at radius 2 is 1.93 bits per heavy atom. The van der Waals surface area contributed by atoms with Crippen LogP contribution in [0, 0.1) is 6.92 Å². The summed E-state index contributed by atoms with van der Waals surface area (Å²) in [6.45, 7) is 3.79. The number of carbonyl (C=O) groups excluding carboxylic acids is 1. The molecule has 2 N–H and O–H groups in total. The minimum absolute atomic E-state index is 0.00455. The zero-order valence-corrected chi connectivity index (χ0v) is 24.6. The molecule has 1 aromatic carbocycles. The van der Waals surface area contributed by atoms with E-state index >= 15 is 0 Å². The highest BCUT2D eigenvalue weighted by Crippen LogP contribution is 2.31. The zero-order chi connectivity index (χ0) is 30.5. The van der Waals surface area contributed by atoms with Gasteiger partial charge in [-0.05, 0) is 37.6 Å². The van der Waals surface area contributed by atoms with Crippen LogP contribution in [0.4, 0.5) is 20.4 Å². The summed E-state index contributed by atoms with van der Waals surface area (Å²) in [7, 11) is -2.24. The number of hydrogen-bond donors (Lipinski definition) is 2. The maximum Gasteiger partial charge on any atom is 0.285 e. The van der Waals surface area contributed by atoms with Crippen molar-refractivity contribution in [3.05, 3.63) is 74.0 Å². The van der Waals surface area contributed by atoms with E-state index in [-0.39, 0.29) is 22.1 Å². The molecular formula is C26H27ClF2N8O4S. The number of halogens is 3. The molecule has 4 aromatic rings. The quantitative estimate of drug-likeness (QED) is 0.284. The highest BCUT2D eigenvalue weighted by Gasteiger charge is 2.28. The van der Waals surface area contributed by atoms with Crippen LogP contribution in [0.15, 0.2) is 35.3 Å². The van der Waals surface area contributed by atoms with Crippen LogP contribution in [0.1, 0.15) is 45.8 Å². The number of pyridine rings is 1. The van der Waals surface area contributed by atoms with Crippen LogP contribution in [0.3, 0.4) is 0 Å². The normalized spacial score (nSPS) is 14.0. The maximum absolute atomic E-state index is 13.5. The van der Waals surface area contributed by atoms with Gasteiger partial charge < -0.3 is 10.2 Å². The second-order valence-corrected chi connectivity index (χ2v) is 12.3. The molecule has 4 heterocycles. The van der Waals surface area contributed by atoms with Gasteiger partial charge >= 0.3 is 0 Å².